The maximum Gasteiger partial charge on any atom is 0.573 e. The van der Waals surface area contributed by atoms with Gasteiger partial charge in [-0.3, -0.25) is 4.40 Å². The Hall–Kier alpha value is -4.26. The minimum absolute atomic E-state index is 0.335. The lowest BCUT2D eigenvalue weighted by atomic mass is 10.1. The molecule has 1 aromatic carbocycles. The fourth-order valence-electron chi connectivity index (χ4n) is 3.24. The monoisotopic (exact) mass is 439 g/mol. The first-order valence-corrected chi connectivity index (χ1v) is 9.34. The fraction of sp³-hybridized carbons (Fsp3) is 0.136. The van der Waals surface area contributed by atoms with Crippen LogP contribution in [0.2, 0.25) is 0 Å². The molecular formula is C22H16F3N5O2. The van der Waals surface area contributed by atoms with Gasteiger partial charge in [0.25, 0.3) is 0 Å². The van der Waals surface area contributed by atoms with Gasteiger partial charge in [-0.25, -0.2) is 9.97 Å². The molecule has 10 heteroatoms. The van der Waals surface area contributed by atoms with Crippen molar-refractivity contribution in [3.8, 4) is 29.0 Å². The van der Waals surface area contributed by atoms with Gasteiger partial charge < -0.3 is 14.8 Å². The van der Waals surface area contributed by atoms with E-state index in [9.17, 15) is 18.4 Å². The molecule has 0 aliphatic heterocycles. The van der Waals surface area contributed by atoms with E-state index in [-0.39, 0.29) is 5.75 Å². The van der Waals surface area contributed by atoms with E-state index in [4.69, 9.17) is 4.74 Å². The molecule has 162 valence electrons. The number of methoxy groups -OCH3 is 1. The van der Waals surface area contributed by atoms with Gasteiger partial charge in [-0.1, -0.05) is 0 Å². The summed E-state index contributed by atoms with van der Waals surface area (Å²) in [5, 5.41) is 12.5. The average molecular weight is 439 g/mol. The molecule has 0 atom stereocenters. The second-order valence-electron chi connectivity index (χ2n) is 6.78. The predicted molar refractivity (Wildman–Crippen MR) is 111 cm³/mol. The third kappa shape index (κ3) is 4.41. The zero-order valence-electron chi connectivity index (χ0n) is 16.9. The molecule has 0 spiro atoms. The van der Waals surface area contributed by atoms with Crippen LogP contribution in [-0.2, 0) is 0 Å². The molecule has 0 fully saturated rings. The summed E-state index contributed by atoms with van der Waals surface area (Å²) in [7, 11) is 1.56. The van der Waals surface area contributed by atoms with Crippen molar-refractivity contribution in [3.63, 3.8) is 0 Å². The number of aryl methyl sites for hydroxylation is 1. The molecule has 0 aliphatic rings. The van der Waals surface area contributed by atoms with Crippen molar-refractivity contribution in [2.24, 2.45) is 0 Å². The molecule has 0 unspecified atom stereocenters. The third-order valence-corrected chi connectivity index (χ3v) is 4.56. The van der Waals surface area contributed by atoms with Crippen LogP contribution in [0.15, 0.2) is 54.7 Å². The van der Waals surface area contributed by atoms with Gasteiger partial charge in [-0.2, -0.15) is 5.26 Å². The average Bonchev–Trinajstić information content (AvgIpc) is 3.08. The number of benzene rings is 1. The van der Waals surface area contributed by atoms with Crippen molar-refractivity contribution < 1.29 is 22.6 Å². The van der Waals surface area contributed by atoms with Crippen LogP contribution in [0.25, 0.3) is 17.0 Å². The number of imidazole rings is 1. The summed E-state index contributed by atoms with van der Waals surface area (Å²) in [4.78, 5) is 9.12. The van der Waals surface area contributed by atoms with E-state index < -0.39 is 6.36 Å². The number of nitriles is 1. The number of nitrogens with zero attached hydrogens (tertiary/aromatic N) is 4. The normalized spacial score (nSPS) is 11.2. The zero-order valence-corrected chi connectivity index (χ0v) is 16.9. The van der Waals surface area contributed by atoms with Crippen molar-refractivity contribution >= 4 is 17.2 Å². The summed E-state index contributed by atoms with van der Waals surface area (Å²) in [5.74, 6) is 0.644. The highest BCUT2D eigenvalue weighted by Gasteiger charge is 2.31. The van der Waals surface area contributed by atoms with Gasteiger partial charge in [0, 0.05) is 5.69 Å². The van der Waals surface area contributed by atoms with E-state index in [1.165, 1.54) is 24.3 Å². The lowest BCUT2D eigenvalue weighted by Crippen LogP contribution is -2.16. The van der Waals surface area contributed by atoms with Gasteiger partial charge in [0.1, 0.15) is 23.0 Å². The summed E-state index contributed by atoms with van der Waals surface area (Å²) in [6.07, 6.45) is -2.99. The molecular weight excluding hydrogens is 423 g/mol. The van der Waals surface area contributed by atoms with Crippen LogP contribution in [0.3, 0.4) is 0 Å². The van der Waals surface area contributed by atoms with Crippen LogP contribution < -0.4 is 14.8 Å². The molecule has 32 heavy (non-hydrogen) atoms. The summed E-state index contributed by atoms with van der Waals surface area (Å²) in [5.41, 5.74) is 3.42. The van der Waals surface area contributed by atoms with E-state index in [0.717, 1.165) is 0 Å². The number of rotatable bonds is 5. The van der Waals surface area contributed by atoms with E-state index in [1.54, 1.807) is 31.5 Å². The van der Waals surface area contributed by atoms with Crippen molar-refractivity contribution in [2.45, 2.75) is 13.3 Å². The lowest BCUT2D eigenvalue weighted by molar-refractivity contribution is -0.274. The number of halogens is 3. The van der Waals surface area contributed by atoms with Crippen molar-refractivity contribution in [2.75, 3.05) is 12.4 Å². The Morgan fingerprint density at radius 2 is 1.75 bits per heavy atom. The highest BCUT2D eigenvalue weighted by molar-refractivity contribution is 5.69. The van der Waals surface area contributed by atoms with Gasteiger partial charge in [0.2, 0.25) is 0 Å². The number of ether oxygens (including phenoxy) is 2. The highest BCUT2D eigenvalue weighted by Crippen LogP contribution is 2.29. The lowest BCUT2D eigenvalue weighted by Gasteiger charge is -2.11. The van der Waals surface area contributed by atoms with Crippen LogP contribution in [0.5, 0.6) is 11.5 Å². The molecule has 0 amide bonds. The van der Waals surface area contributed by atoms with Crippen molar-refractivity contribution in [3.05, 3.63) is 66.0 Å². The highest BCUT2D eigenvalue weighted by atomic mass is 19.4. The summed E-state index contributed by atoms with van der Waals surface area (Å²) >= 11 is 0. The van der Waals surface area contributed by atoms with Crippen LogP contribution in [0, 0.1) is 18.3 Å². The number of aromatic nitrogens is 3. The summed E-state index contributed by atoms with van der Waals surface area (Å²) in [6.45, 7) is 1.84. The number of pyridine rings is 2. The smallest absolute Gasteiger partial charge is 0.495 e. The number of hydrogen-bond acceptors (Lipinski definition) is 6. The molecule has 1 N–H and O–H groups in total. The molecule has 0 saturated carbocycles. The molecule has 0 aliphatic carbocycles. The Balaban J connectivity index is 1.71. The van der Waals surface area contributed by atoms with E-state index in [1.807, 2.05) is 17.4 Å². The molecule has 0 bridgehead atoms. The Kier molecular flexibility index (Phi) is 5.32. The van der Waals surface area contributed by atoms with Crippen LogP contribution in [-0.4, -0.2) is 27.8 Å². The first-order valence-electron chi connectivity index (χ1n) is 9.34. The van der Waals surface area contributed by atoms with Gasteiger partial charge >= 0.3 is 6.36 Å². The van der Waals surface area contributed by atoms with E-state index in [2.05, 4.69) is 26.1 Å². The van der Waals surface area contributed by atoms with Gasteiger partial charge in [0.15, 0.2) is 0 Å². The second kappa shape index (κ2) is 8.11. The number of hydrogen-bond donors (Lipinski definition) is 1. The molecule has 0 radical (unpaired) electrons. The van der Waals surface area contributed by atoms with Crippen LogP contribution >= 0.6 is 0 Å². The van der Waals surface area contributed by atoms with Gasteiger partial charge in [0.05, 0.1) is 42.0 Å². The topological polar surface area (TPSA) is 84.5 Å². The number of alkyl halides is 3. The van der Waals surface area contributed by atoms with E-state index >= 15 is 0 Å². The van der Waals surface area contributed by atoms with E-state index in [0.29, 0.717) is 45.5 Å². The quantitative estimate of drug-likeness (QED) is 0.459. The van der Waals surface area contributed by atoms with Gasteiger partial charge in [-0.15, -0.1) is 13.2 Å². The molecule has 0 saturated heterocycles. The minimum atomic E-state index is -4.76. The molecule has 3 aromatic heterocycles. The first kappa shape index (κ1) is 21.0. The fourth-order valence-corrected chi connectivity index (χ4v) is 3.24. The molecule has 3 heterocycles. The van der Waals surface area contributed by atoms with Crippen LogP contribution in [0.1, 0.15) is 11.3 Å². The standard InChI is InChI=1S/C22H16F3N5O2/c1-13-21(30-12-17(31-2)7-8-20(30)27-13)18-9-14(11-26)10-19(29-18)28-15-3-5-16(6-4-15)32-22(23,24)25/h3-10,12H,1-2H3,(H,28,29). The Labute approximate surface area is 180 Å². The summed E-state index contributed by atoms with van der Waals surface area (Å²) < 4.78 is 48.0. The Morgan fingerprint density at radius 3 is 2.41 bits per heavy atom. The van der Waals surface area contributed by atoms with Crippen molar-refractivity contribution in [1.82, 2.24) is 14.4 Å². The Bertz CT molecular complexity index is 1320. The maximum absolute atomic E-state index is 12.3. The molecule has 7 nitrogen and oxygen atoms in total. The molecule has 4 aromatic rings. The summed E-state index contributed by atoms with van der Waals surface area (Å²) in [6, 6.07) is 14.1. The SMILES string of the molecule is COc1ccc2nc(C)c(-c3cc(C#N)cc(Nc4ccc(OC(F)(F)F)cc4)n3)n2c1. The predicted octanol–water partition coefficient (Wildman–Crippen LogP) is 5.23. The van der Waals surface area contributed by atoms with Gasteiger partial charge in [-0.05, 0) is 55.5 Å². The second-order valence-corrected chi connectivity index (χ2v) is 6.78. The largest absolute Gasteiger partial charge is 0.573 e. The third-order valence-electron chi connectivity index (χ3n) is 4.56. The Morgan fingerprint density at radius 1 is 1.03 bits per heavy atom. The first-order chi connectivity index (χ1) is 15.3. The maximum atomic E-state index is 12.3. The number of nitrogens with one attached hydrogen (secondary N) is 1. The van der Waals surface area contributed by atoms with Crippen molar-refractivity contribution in [1.29, 1.82) is 5.26 Å². The molecule has 4 rings (SSSR count). The number of anilines is 2. The minimum Gasteiger partial charge on any atom is -0.495 e. The number of fused-ring (bicyclic) bond motifs is 1. The zero-order chi connectivity index (χ0) is 22.9. The van der Waals surface area contributed by atoms with Crippen LogP contribution in [0.4, 0.5) is 24.7 Å².